The maximum Gasteiger partial charge on any atom is 0.123 e. The molecule has 1 N–H and O–H groups in total. The van der Waals surface area contributed by atoms with Gasteiger partial charge in [-0.2, -0.15) is 0 Å². The molecule has 1 fully saturated rings. The van der Waals surface area contributed by atoms with Crippen LogP contribution in [0.25, 0.3) is 0 Å². The van der Waals surface area contributed by atoms with Crippen molar-refractivity contribution >= 4 is 0 Å². The van der Waals surface area contributed by atoms with Crippen molar-refractivity contribution in [3.05, 3.63) is 35.6 Å². The first kappa shape index (κ1) is 10.6. The van der Waals surface area contributed by atoms with E-state index in [1.807, 2.05) is 12.1 Å². The molecule has 1 unspecified atom stereocenters. The monoisotopic (exact) mass is 207 g/mol. The van der Waals surface area contributed by atoms with Gasteiger partial charge in [-0.05, 0) is 36.5 Å². The lowest BCUT2D eigenvalue weighted by Gasteiger charge is -2.17. The Kier molecular flexibility index (Phi) is 3.06. The average molecular weight is 207 g/mol. The predicted molar refractivity (Wildman–Crippen MR) is 60.1 cm³/mol. The van der Waals surface area contributed by atoms with Crippen LogP contribution in [0.5, 0.6) is 0 Å². The van der Waals surface area contributed by atoms with Crippen molar-refractivity contribution in [1.82, 2.24) is 5.32 Å². The second-order valence-electron chi connectivity index (χ2n) is 4.70. The lowest BCUT2D eigenvalue weighted by atomic mass is 10.0. The maximum atomic E-state index is 12.8. The van der Waals surface area contributed by atoms with E-state index in [0.29, 0.717) is 18.0 Å². The molecule has 0 spiro atoms. The van der Waals surface area contributed by atoms with Crippen LogP contribution in [0.15, 0.2) is 24.3 Å². The summed E-state index contributed by atoms with van der Waals surface area (Å²) in [5.41, 5.74) is 1.21. The molecule has 1 aliphatic heterocycles. The van der Waals surface area contributed by atoms with Crippen LogP contribution in [0.3, 0.4) is 0 Å². The minimum absolute atomic E-state index is 0.155. The molecule has 0 aliphatic carbocycles. The first-order chi connectivity index (χ1) is 7.16. The number of rotatable bonds is 2. The minimum atomic E-state index is -0.155. The number of hydrogen-bond donors (Lipinski definition) is 1. The van der Waals surface area contributed by atoms with Crippen molar-refractivity contribution in [2.75, 3.05) is 0 Å². The molecule has 1 aromatic carbocycles. The van der Waals surface area contributed by atoms with Crippen LogP contribution in [0.2, 0.25) is 0 Å². The highest BCUT2D eigenvalue weighted by molar-refractivity contribution is 5.21. The van der Waals surface area contributed by atoms with Gasteiger partial charge in [-0.15, -0.1) is 0 Å². The van der Waals surface area contributed by atoms with E-state index >= 15 is 0 Å². The van der Waals surface area contributed by atoms with Gasteiger partial charge in [0.2, 0.25) is 0 Å². The van der Waals surface area contributed by atoms with Crippen LogP contribution < -0.4 is 5.32 Å². The topological polar surface area (TPSA) is 12.0 Å². The molecule has 15 heavy (non-hydrogen) atoms. The van der Waals surface area contributed by atoms with Crippen molar-refractivity contribution in [2.24, 2.45) is 5.92 Å². The Balaban J connectivity index is 2.04. The normalized spacial score (nSPS) is 26.1. The lowest BCUT2D eigenvalue weighted by molar-refractivity contribution is 0.432. The maximum absolute atomic E-state index is 12.8. The van der Waals surface area contributed by atoms with Crippen LogP contribution in [-0.2, 0) is 0 Å². The highest BCUT2D eigenvalue weighted by atomic mass is 19.1. The summed E-state index contributed by atoms with van der Waals surface area (Å²) in [5, 5.41) is 3.60. The third-order valence-electron chi connectivity index (χ3n) is 3.26. The first-order valence-corrected chi connectivity index (χ1v) is 5.68. The molecule has 0 aromatic heterocycles. The molecule has 82 valence electrons. The zero-order chi connectivity index (χ0) is 10.8. The molecule has 0 amide bonds. The molecular formula is C13H18FN. The fourth-order valence-corrected chi connectivity index (χ4v) is 2.26. The van der Waals surface area contributed by atoms with E-state index < -0.39 is 0 Å². The minimum Gasteiger partial charge on any atom is -0.307 e. The fraction of sp³-hybridized carbons (Fsp3) is 0.538. The van der Waals surface area contributed by atoms with Gasteiger partial charge in [0.05, 0.1) is 0 Å². The molecule has 1 aliphatic rings. The summed E-state index contributed by atoms with van der Waals surface area (Å²) in [7, 11) is 0. The van der Waals surface area contributed by atoms with E-state index in [4.69, 9.17) is 0 Å². The van der Waals surface area contributed by atoms with Gasteiger partial charge in [0.1, 0.15) is 5.82 Å². The first-order valence-electron chi connectivity index (χ1n) is 5.68. The van der Waals surface area contributed by atoms with Gasteiger partial charge in [0.25, 0.3) is 0 Å². The molecule has 1 saturated heterocycles. The SMILES string of the molecule is CC(C)C1CC[C@@H](c2ccc(F)cc2)N1. The van der Waals surface area contributed by atoms with Gasteiger partial charge in [-0.1, -0.05) is 26.0 Å². The Morgan fingerprint density at radius 3 is 2.40 bits per heavy atom. The van der Waals surface area contributed by atoms with E-state index in [-0.39, 0.29) is 5.82 Å². The highest BCUT2D eigenvalue weighted by Gasteiger charge is 2.26. The van der Waals surface area contributed by atoms with Crippen molar-refractivity contribution in [3.63, 3.8) is 0 Å². The predicted octanol–water partition coefficient (Wildman–Crippen LogP) is 3.27. The summed E-state index contributed by atoms with van der Waals surface area (Å²) in [6.45, 7) is 4.48. The van der Waals surface area contributed by atoms with Crippen molar-refractivity contribution in [3.8, 4) is 0 Å². The molecular weight excluding hydrogens is 189 g/mol. The van der Waals surface area contributed by atoms with Gasteiger partial charge < -0.3 is 5.32 Å². The van der Waals surface area contributed by atoms with Gasteiger partial charge in [-0.3, -0.25) is 0 Å². The number of hydrogen-bond acceptors (Lipinski definition) is 1. The summed E-state index contributed by atoms with van der Waals surface area (Å²) in [5.74, 6) is 0.521. The second kappa shape index (κ2) is 4.31. The molecule has 1 heterocycles. The molecule has 2 rings (SSSR count). The summed E-state index contributed by atoms with van der Waals surface area (Å²) >= 11 is 0. The smallest absolute Gasteiger partial charge is 0.123 e. The van der Waals surface area contributed by atoms with E-state index in [0.717, 1.165) is 6.42 Å². The van der Waals surface area contributed by atoms with Crippen molar-refractivity contribution < 1.29 is 4.39 Å². The van der Waals surface area contributed by atoms with Gasteiger partial charge in [-0.25, -0.2) is 4.39 Å². The third kappa shape index (κ3) is 2.37. The summed E-state index contributed by atoms with van der Waals surface area (Å²) in [6, 6.07) is 7.88. The zero-order valence-electron chi connectivity index (χ0n) is 9.33. The van der Waals surface area contributed by atoms with E-state index in [1.54, 1.807) is 12.1 Å². The Morgan fingerprint density at radius 2 is 1.87 bits per heavy atom. The second-order valence-corrected chi connectivity index (χ2v) is 4.70. The van der Waals surface area contributed by atoms with Gasteiger partial charge >= 0.3 is 0 Å². The Bertz CT molecular complexity index is 318. The van der Waals surface area contributed by atoms with Crippen LogP contribution >= 0.6 is 0 Å². The van der Waals surface area contributed by atoms with E-state index in [1.165, 1.54) is 12.0 Å². The van der Waals surface area contributed by atoms with Crippen LogP contribution in [-0.4, -0.2) is 6.04 Å². The Labute approximate surface area is 90.7 Å². The molecule has 1 aromatic rings. The lowest BCUT2D eigenvalue weighted by Crippen LogP contribution is -2.28. The van der Waals surface area contributed by atoms with Crippen LogP contribution in [0, 0.1) is 11.7 Å². The Hall–Kier alpha value is -0.890. The van der Waals surface area contributed by atoms with Crippen LogP contribution in [0.1, 0.15) is 38.3 Å². The Morgan fingerprint density at radius 1 is 1.20 bits per heavy atom. The largest absolute Gasteiger partial charge is 0.307 e. The van der Waals surface area contributed by atoms with Gasteiger partial charge in [0.15, 0.2) is 0 Å². The standard InChI is InChI=1S/C13H18FN/c1-9(2)12-7-8-13(15-12)10-3-5-11(14)6-4-10/h3-6,9,12-13,15H,7-8H2,1-2H3/t12?,13-/m0/s1. The third-order valence-corrected chi connectivity index (χ3v) is 3.26. The molecule has 2 atom stereocenters. The number of nitrogens with one attached hydrogen (secondary N) is 1. The fourth-order valence-electron chi connectivity index (χ4n) is 2.26. The van der Waals surface area contributed by atoms with Crippen molar-refractivity contribution in [2.45, 2.75) is 38.8 Å². The van der Waals surface area contributed by atoms with Gasteiger partial charge in [0, 0.05) is 12.1 Å². The molecule has 0 bridgehead atoms. The molecule has 2 heteroatoms. The number of halogens is 1. The van der Waals surface area contributed by atoms with Crippen molar-refractivity contribution in [1.29, 1.82) is 0 Å². The zero-order valence-corrected chi connectivity index (χ0v) is 9.33. The average Bonchev–Trinajstić information content (AvgIpc) is 2.68. The van der Waals surface area contributed by atoms with E-state index in [9.17, 15) is 4.39 Å². The number of benzene rings is 1. The van der Waals surface area contributed by atoms with E-state index in [2.05, 4.69) is 19.2 Å². The molecule has 0 saturated carbocycles. The highest BCUT2D eigenvalue weighted by Crippen LogP contribution is 2.29. The quantitative estimate of drug-likeness (QED) is 0.784. The molecule has 0 radical (unpaired) electrons. The summed E-state index contributed by atoms with van der Waals surface area (Å²) in [4.78, 5) is 0. The summed E-state index contributed by atoms with van der Waals surface area (Å²) < 4.78 is 12.8. The van der Waals surface area contributed by atoms with Crippen LogP contribution in [0.4, 0.5) is 4.39 Å². The molecule has 1 nitrogen and oxygen atoms in total. The summed E-state index contributed by atoms with van der Waals surface area (Å²) in [6.07, 6.45) is 2.38.